The van der Waals surface area contributed by atoms with E-state index >= 15 is 0 Å². The van der Waals surface area contributed by atoms with E-state index in [4.69, 9.17) is 4.74 Å². The van der Waals surface area contributed by atoms with Gasteiger partial charge < -0.3 is 15.2 Å². The number of methoxy groups -OCH3 is 1. The Morgan fingerprint density at radius 1 is 1.36 bits per heavy atom. The fourth-order valence-corrected chi connectivity index (χ4v) is 2.59. The highest BCUT2D eigenvalue weighted by Gasteiger charge is 2.15. The van der Waals surface area contributed by atoms with Gasteiger partial charge in [-0.15, -0.1) is 5.10 Å². The molecule has 4 N–H and O–H groups in total. The molecule has 0 fully saturated rings. The molecule has 1 atom stereocenters. The average Bonchev–Trinajstić information content (AvgIpc) is 3.04. The van der Waals surface area contributed by atoms with Gasteiger partial charge in [0.05, 0.1) is 36.4 Å². The third-order valence-electron chi connectivity index (χ3n) is 3.82. The number of aromatic amines is 1. The van der Waals surface area contributed by atoms with Crippen LogP contribution in [-0.2, 0) is 6.61 Å². The first-order chi connectivity index (χ1) is 12.1. The molecule has 25 heavy (non-hydrogen) atoms. The fraction of sp³-hybridized carbons (Fsp3) is 0.235. The van der Waals surface area contributed by atoms with Crippen LogP contribution in [0.1, 0.15) is 24.2 Å². The molecule has 8 nitrogen and oxygen atoms in total. The normalized spacial score (nSPS) is 12.0. The number of benzene rings is 1. The van der Waals surface area contributed by atoms with Crippen LogP contribution >= 0.6 is 0 Å². The quantitative estimate of drug-likeness (QED) is 0.569. The first-order valence-corrected chi connectivity index (χ1v) is 7.77. The molecule has 0 saturated heterocycles. The Kier molecular flexibility index (Phi) is 4.80. The summed E-state index contributed by atoms with van der Waals surface area (Å²) >= 11 is 0. The number of nitrogens with one attached hydrogen (secondary N) is 3. The van der Waals surface area contributed by atoms with Crippen molar-refractivity contribution in [3.63, 3.8) is 0 Å². The highest BCUT2D eigenvalue weighted by atomic mass is 16.5. The van der Waals surface area contributed by atoms with E-state index in [9.17, 15) is 9.90 Å². The molecular formula is C17H19N5O3. The summed E-state index contributed by atoms with van der Waals surface area (Å²) in [6.07, 6.45) is 0. The number of urea groups is 1. The van der Waals surface area contributed by atoms with Crippen LogP contribution in [0.5, 0.6) is 5.88 Å². The van der Waals surface area contributed by atoms with E-state index in [0.717, 1.165) is 5.56 Å². The monoisotopic (exact) mass is 341 g/mol. The smallest absolute Gasteiger partial charge is 0.320 e. The minimum Gasteiger partial charge on any atom is -0.479 e. The third-order valence-corrected chi connectivity index (χ3v) is 3.82. The number of H-pyrrole nitrogens is 1. The van der Waals surface area contributed by atoms with Gasteiger partial charge >= 0.3 is 6.03 Å². The van der Waals surface area contributed by atoms with Crippen molar-refractivity contribution in [3.05, 3.63) is 47.7 Å². The van der Waals surface area contributed by atoms with Gasteiger partial charge in [0.25, 0.3) is 0 Å². The molecule has 1 unspecified atom stereocenters. The summed E-state index contributed by atoms with van der Waals surface area (Å²) in [5, 5.41) is 22.4. The van der Waals surface area contributed by atoms with Crippen molar-refractivity contribution in [2.45, 2.75) is 19.6 Å². The van der Waals surface area contributed by atoms with Gasteiger partial charge in [-0.1, -0.05) is 30.3 Å². The zero-order valence-corrected chi connectivity index (χ0v) is 13.9. The second kappa shape index (κ2) is 7.18. The van der Waals surface area contributed by atoms with E-state index in [2.05, 4.69) is 25.8 Å². The molecule has 3 aromatic rings. The van der Waals surface area contributed by atoms with Crippen molar-refractivity contribution in [2.75, 3.05) is 12.4 Å². The topological polar surface area (TPSA) is 112 Å². The lowest BCUT2D eigenvalue weighted by atomic mass is 10.1. The molecule has 2 aromatic heterocycles. The largest absolute Gasteiger partial charge is 0.479 e. The van der Waals surface area contributed by atoms with Gasteiger partial charge in [0.15, 0.2) is 0 Å². The molecule has 2 amide bonds. The van der Waals surface area contributed by atoms with Crippen molar-refractivity contribution in [2.24, 2.45) is 0 Å². The number of pyridine rings is 1. The maximum atomic E-state index is 12.2. The molecule has 2 heterocycles. The lowest BCUT2D eigenvalue weighted by Gasteiger charge is -2.15. The maximum Gasteiger partial charge on any atom is 0.320 e. The molecule has 0 radical (unpaired) electrons. The van der Waals surface area contributed by atoms with Gasteiger partial charge in [0.1, 0.15) is 5.82 Å². The van der Waals surface area contributed by atoms with Gasteiger partial charge in [0, 0.05) is 6.07 Å². The van der Waals surface area contributed by atoms with Gasteiger partial charge in [-0.25, -0.2) is 9.78 Å². The molecule has 130 valence electrons. The predicted molar refractivity (Wildman–Crippen MR) is 93.4 cm³/mol. The first kappa shape index (κ1) is 16.7. The SMILES string of the molecule is COc1n[nH]c2cc(NC(=O)NC(C)c3ccccc3)nc(CO)c12. The standard InChI is InChI=1S/C17H19N5O3/c1-10(11-6-4-3-5-7-11)18-17(24)20-14-8-12-15(13(9-23)19-14)16(25-2)22-21-12/h3-8,10,23H,9H2,1-2H3,(H,21,22)(H2,18,19,20,24). The van der Waals surface area contributed by atoms with Crippen LogP contribution in [0.15, 0.2) is 36.4 Å². The Bertz CT molecular complexity index is 879. The average molecular weight is 341 g/mol. The van der Waals surface area contributed by atoms with Gasteiger partial charge in [-0.3, -0.25) is 10.4 Å². The van der Waals surface area contributed by atoms with Crippen molar-refractivity contribution < 1.29 is 14.6 Å². The number of ether oxygens (including phenoxy) is 1. The number of anilines is 1. The third kappa shape index (κ3) is 3.53. The lowest BCUT2D eigenvalue weighted by Crippen LogP contribution is -2.31. The summed E-state index contributed by atoms with van der Waals surface area (Å²) in [5.41, 5.74) is 1.98. The molecule has 0 aliphatic heterocycles. The second-order valence-electron chi connectivity index (χ2n) is 5.50. The van der Waals surface area contributed by atoms with Crippen molar-refractivity contribution in [3.8, 4) is 5.88 Å². The maximum absolute atomic E-state index is 12.2. The number of rotatable bonds is 5. The molecule has 0 aliphatic rings. The van der Waals surface area contributed by atoms with Gasteiger partial charge in [0.2, 0.25) is 5.88 Å². The summed E-state index contributed by atoms with van der Waals surface area (Å²) in [5.74, 6) is 0.654. The number of aromatic nitrogens is 3. The Balaban J connectivity index is 1.77. The van der Waals surface area contributed by atoms with Gasteiger partial charge in [-0.05, 0) is 12.5 Å². The first-order valence-electron chi connectivity index (χ1n) is 7.77. The summed E-state index contributed by atoms with van der Waals surface area (Å²) in [6.45, 7) is 1.59. The Morgan fingerprint density at radius 2 is 2.12 bits per heavy atom. The van der Waals surface area contributed by atoms with E-state index in [0.29, 0.717) is 28.3 Å². The van der Waals surface area contributed by atoms with Crippen LogP contribution in [-0.4, -0.2) is 33.4 Å². The van der Waals surface area contributed by atoms with Crippen molar-refractivity contribution in [1.29, 1.82) is 0 Å². The molecule has 0 aliphatic carbocycles. The number of nitrogens with zero attached hydrogens (tertiary/aromatic N) is 2. The number of carbonyl (C=O) groups excluding carboxylic acids is 1. The number of amides is 2. The molecule has 3 rings (SSSR count). The lowest BCUT2D eigenvalue weighted by molar-refractivity contribution is 0.249. The summed E-state index contributed by atoms with van der Waals surface area (Å²) in [4.78, 5) is 16.5. The Labute approximate surface area is 144 Å². The minimum atomic E-state index is -0.390. The van der Waals surface area contributed by atoms with Crippen LogP contribution in [0, 0.1) is 0 Å². The molecule has 0 saturated carbocycles. The molecule has 1 aromatic carbocycles. The summed E-state index contributed by atoms with van der Waals surface area (Å²) < 4.78 is 5.14. The van der Waals surface area contributed by atoms with Crippen molar-refractivity contribution in [1.82, 2.24) is 20.5 Å². The van der Waals surface area contributed by atoms with E-state index in [1.54, 1.807) is 6.07 Å². The second-order valence-corrected chi connectivity index (χ2v) is 5.50. The zero-order valence-electron chi connectivity index (χ0n) is 13.9. The number of hydrogen-bond acceptors (Lipinski definition) is 5. The Hall–Kier alpha value is -3.13. The predicted octanol–water partition coefficient (Wildman–Crippen LogP) is 2.34. The highest BCUT2D eigenvalue weighted by molar-refractivity contribution is 5.93. The summed E-state index contributed by atoms with van der Waals surface area (Å²) in [7, 11) is 1.49. The van der Waals surface area contributed by atoms with Crippen LogP contribution < -0.4 is 15.4 Å². The zero-order chi connectivity index (χ0) is 17.8. The van der Waals surface area contributed by atoms with Crippen LogP contribution in [0.4, 0.5) is 10.6 Å². The Morgan fingerprint density at radius 3 is 2.80 bits per heavy atom. The van der Waals surface area contributed by atoms with Crippen molar-refractivity contribution >= 4 is 22.8 Å². The van der Waals surface area contributed by atoms with Crippen LogP contribution in [0.25, 0.3) is 10.9 Å². The fourth-order valence-electron chi connectivity index (χ4n) is 2.59. The molecular weight excluding hydrogens is 322 g/mol. The van der Waals surface area contributed by atoms with E-state index in [1.807, 2.05) is 37.3 Å². The van der Waals surface area contributed by atoms with Gasteiger partial charge in [-0.2, -0.15) is 0 Å². The number of fused-ring (bicyclic) bond motifs is 1. The number of hydrogen-bond donors (Lipinski definition) is 4. The number of carbonyl (C=O) groups is 1. The molecule has 8 heteroatoms. The molecule has 0 bridgehead atoms. The number of aliphatic hydroxyl groups is 1. The summed E-state index contributed by atoms with van der Waals surface area (Å²) in [6, 6.07) is 10.7. The van der Waals surface area contributed by atoms with E-state index in [1.165, 1.54) is 7.11 Å². The van der Waals surface area contributed by atoms with E-state index in [-0.39, 0.29) is 12.6 Å². The van der Waals surface area contributed by atoms with Crippen LogP contribution in [0.2, 0.25) is 0 Å². The minimum absolute atomic E-state index is 0.158. The molecule has 0 spiro atoms. The van der Waals surface area contributed by atoms with E-state index < -0.39 is 6.03 Å². The highest BCUT2D eigenvalue weighted by Crippen LogP contribution is 2.27. The van der Waals surface area contributed by atoms with Crippen LogP contribution in [0.3, 0.4) is 0 Å². The number of aliphatic hydroxyl groups excluding tert-OH is 1.